The van der Waals surface area contributed by atoms with Crippen molar-refractivity contribution in [3.8, 4) is 11.3 Å². The van der Waals surface area contributed by atoms with Crippen LogP contribution in [0.4, 0.5) is 8.78 Å². The molecule has 1 aromatic carbocycles. The van der Waals surface area contributed by atoms with E-state index in [4.69, 9.17) is 20.7 Å². The summed E-state index contributed by atoms with van der Waals surface area (Å²) in [5.74, 6) is 0.425. The van der Waals surface area contributed by atoms with Gasteiger partial charge in [-0.25, -0.2) is 18.8 Å². The summed E-state index contributed by atoms with van der Waals surface area (Å²) in [6.45, 7) is 13.6. The molecule has 7 nitrogen and oxygen atoms in total. The number of fused-ring (bicyclic) bond motifs is 1. The zero-order valence-corrected chi connectivity index (χ0v) is 24.2. The van der Waals surface area contributed by atoms with Crippen LogP contribution >= 0.6 is 10.3 Å². The van der Waals surface area contributed by atoms with Gasteiger partial charge in [-0.15, -0.1) is 10.3 Å². The smallest absolute Gasteiger partial charge is 0.146 e. The van der Waals surface area contributed by atoms with Gasteiger partial charge in [0, 0.05) is 34.8 Å². The van der Waals surface area contributed by atoms with E-state index in [1.807, 2.05) is 18.4 Å². The van der Waals surface area contributed by atoms with Crippen molar-refractivity contribution >= 4 is 27.7 Å². The van der Waals surface area contributed by atoms with Crippen LogP contribution < -0.4 is 5.73 Å². The molecule has 208 valence electrons. The average Bonchev–Trinajstić information content (AvgIpc) is 3.41. The fraction of sp³-hybridized carbons (Fsp3) is 0.500. The summed E-state index contributed by atoms with van der Waals surface area (Å²) >= 11 is 0. The lowest BCUT2D eigenvalue weighted by Gasteiger charge is -2.47. The third-order valence-corrected chi connectivity index (χ3v) is 11.5. The zero-order valence-electron chi connectivity index (χ0n) is 23.4. The Balaban J connectivity index is 1.80. The van der Waals surface area contributed by atoms with Gasteiger partial charge in [-0.05, 0) is 42.7 Å². The largest absolute Gasteiger partial charge is 0.387 e. The van der Waals surface area contributed by atoms with Crippen molar-refractivity contribution in [3.05, 3.63) is 53.5 Å². The normalized spacial score (nSPS) is 16.9. The van der Waals surface area contributed by atoms with Crippen molar-refractivity contribution < 1.29 is 13.0 Å². The van der Waals surface area contributed by atoms with Gasteiger partial charge >= 0.3 is 0 Å². The monoisotopic (exact) mass is 546 g/mol. The number of imidazole rings is 1. The molecule has 0 saturated heterocycles. The third-order valence-electron chi connectivity index (χ3n) is 7.14. The molecule has 1 unspecified atom stereocenters. The van der Waals surface area contributed by atoms with Gasteiger partial charge in [-0.3, -0.25) is 10.8 Å². The summed E-state index contributed by atoms with van der Waals surface area (Å²) in [4.78, 5) is 8.82. The number of aromatic nitrogens is 2. The Morgan fingerprint density at radius 1 is 1.21 bits per heavy atom. The molecule has 0 aliphatic carbocycles. The molecule has 0 fully saturated rings. The highest BCUT2D eigenvalue weighted by atomic mass is 32.3. The van der Waals surface area contributed by atoms with E-state index in [9.17, 15) is 8.78 Å². The molecule has 1 aliphatic rings. The minimum absolute atomic E-state index is 0.0169. The molecule has 1 aliphatic heterocycles. The van der Waals surface area contributed by atoms with Crippen molar-refractivity contribution in [1.29, 1.82) is 10.8 Å². The standard InChI is InChI=1S/C28H40F2N6OS/c1-8-38(7,27(2,3)4)37-17-28(5,6)26(33)34-22(32)14-13-21(31)25-24(35-23-10-9-15-36(23)25)19-12-11-18(29)16-20(19)30/h11-14,16,31H,8-10,15,17H2,1-7H3,(H3,32,33,34)/b14-13-,31-21?. The van der Waals surface area contributed by atoms with E-state index in [1.165, 1.54) is 24.3 Å². The van der Waals surface area contributed by atoms with E-state index in [0.29, 0.717) is 31.0 Å². The molecule has 10 heteroatoms. The summed E-state index contributed by atoms with van der Waals surface area (Å²) in [5, 5.41) is 17.0. The number of nitrogens with two attached hydrogens (primary N) is 1. The molecule has 4 N–H and O–H groups in total. The lowest BCUT2D eigenvalue weighted by molar-refractivity contribution is 0.255. The van der Waals surface area contributed by atoms with Crippen LogP contribution in [0.25, 0.3) is 11.3 Å². The summed E-state index contributed by atoms with van der Waals surface area (Å²) in [6.07, 6.45) is 6.59. The Bertz CT molecular complexity index is 1290. The number of hydrogen-bond donors (Lipinski definition) is 3. The third kappa shape index (κ3) is 6.23. The highest BCUT2D eigenvalue weighted by molar-refractivity contribution is 8.30. The zero-order chi connectivity index (χ0) is 28.5. The Morgan fingerprint density at radius 2 is 1.89 bits per heavy atom. The average molecular weight is 547 g/mol. The van der Waals surface area contributed by atoms with Crippen LogP contribution in [0.1, 0.15) is 59.5 Å². The SMILES string of the molecule is CCS(C)(OCC(C)(C)C(N)=NC(=N)/C=C\C(=N)c1c(-c2ccc(F)cc2F)nc2n1CCC2)C(C)(C)C. The van der Waals surface area contributed by atoms with E-state index in [1.54, 1.807) is 0 Å². The Morgan fingerprint density at radius 3 is 2.50 bits per heavy atom. The molecule has 0 amide bonds. The lowest BCUT2D eigenvalue weighted by atomic mass is 9.93. The Hall–Kier alpha value is -2.85. The highest BCUT2D eigenvalue weighted by Crippen LogP contribution is 2.57. The van der Waals surface area contributed by atoms with Crippen LogP contribution in [0.3, 0.4) is 0 Å². The first-order valence-electron chi connectivity index (χ1n) is 12.7. The fourth-order valence-corrected chi connectivity index (χ4v) is 6.01. The second-order valence-corrected chi connectivity index (χ2v) is 15.3. The Kier molecular flexibility index (Phi) is 8.67. The summed E-state index contributed by atoms with van der Waals surface area (Å²) in [6, 6.07) is 3.33. The molecular formula is C28H40F2N6OS. The molecule has 38 heavy (non-hydrogen) atoms. The minimum atomic E-state index is -1.33. The van der Waals surface area contributed by atoms with Crippen molar-refractivity contribution in [2.45, 2.75) is 65.7 Å². The summed E-state index contributed by atoms with van der Waals surface area (Å²) in [5.41, 5.74) is 6.62. The van der Waals surface area contributed by atoms with Crippen LogP contribution in [0.2, 0.25) is 0 Å². The molecule has 0 saturated carbocycles. The Labute approximate surface area is 226 Å². The van der Waals surface area contributed by atoms with Crippen LogP contribution in [0, 0.1) is 27.9 Å². The molecule has 2 aromatic rings. The number of aliphatic imine (C=N–C) groups is 1. The number of aryl methyl sites for hydroxylation is 1. The lowest BCUT2D eigenvalue weighted by Crippen LogP contribution is -2.39. The molecule has 1 aromatic heterocycles. The molecule has 3 rings (SSSR count). The molecule has 2 heterocycles. The number of benzene rings is 1. The minimum Gasteiger partial charge on any atom is -0.387 e. The maximum atomic E-state index is 14.6. The second-order valence-electron chi connectivity index (χ2n) is 11.3. The maximum absolute atomic E-state index is 14.6. The first-order valence-corrected chi connectivity index (χ1v) is 14.9. The maximum Gasteiger partial charge on any atom is 0.146 e. The number of amidine groups is 2. The molecular weight excluding hydrogens is 506 g/mol. The van der Waals surface area contributed by atoms with Gasteiger partial charge in [0.2, 0.25) is 0 Å². The summed E-state index contributed by atoms with van der Waals surface area (Å²) in [7, 11) is -1.33. The molecule has 0 bridgehead atoms. The van der Waals surface area contributed by atoms with Crippen molar-refractivity contribution in [3.63, 3.8) is 0 Å². The van der Waals surface area contributed by atoms with Gasteiger partial charge in [-0.2, -0.15) is 0 Å². The number of hydrogen-bond acceptors (Lipinski definition) is 4. The first-order chi connectivity index (χ1) is 17.6. The quantitative estimate of drug-likeness (QED) is 0.255. The van der Waals surface area contributed by atoms with Gasteiger partial charge in [0.15, 0.2) is 0 Å². The molecule has 0 radical (unpaired) electrons. The number of rotatable bonds is 9. The topological polar surface area (TPSA) is 113 Å². The van der Waals surface area contributed by atoms with Crippen molar-refractivity contribution in [2.24, 2.45) is 16.1 Å². The highest BCUT2D eigenvalue weighted by Gasteiger charge is 2.35. The van der Waals surface area contributed by atoms with Gasteiger partial charge in [-0.1, -0.05) is 41.5 Å². The predicted molar refractivity (Wildman–Crippen MR) is 155 cm³/mol. The van der Waals surface area contributed by atoms with Gasteiger partial charge < -0.3 is 14.5 Å². The van der Waals surface area contributed by atoms with Crippen LogP contribution in [0.5, 0.6) is 0 Å². The molecule has 0 spiro atoms. The van der Waals surface area contributed by atoms with E-state index in [0.717, 1.165) is 24.1 Å². The van der Waals surface area contributed by atoms with Crippen molar-refractivity contribution in [1.82, 2.24) is 9.55 Å². The van der Waals surface area contributed by atoms with Gasteiger partial charge in [0.05, 0.1) is 18.0 Å². The van der Waals surface area contributed by atoms with Crippen molar-refractivity contribution in [2.75, 3.05) is 18.6 Å². The number of nitrogens with zero attached hydrogens (tertiary/aromatic N) is 3. The molecule has 1 atom stereocenters. The summed E-state index contributed by atoms with van der Waals surface area (Å²) < 4.78 is 36.4. The van der Waals surface area contributed by atoms with Gasteiger partial charge in [0.1, 0.15) is 34.8 Å². The van der Waals surface area contributed by atoms with E-state index in [-0.39, 0.29) is 27.7 Å². The van der Waals surface area contributed by atoms with E-state index >= 15 is 0 Å². The van der Waals surface area contributed by atoms with Crippen LogP contribution in [-0.2, 0) is 17.1 Å². The first kappa shape index (κ1) is 29.7. The van der Waals surface area contributed by atoms with E-state index in [2.05, 4.69) is 43.9 Å². The number of nitrogens with one attached hydrogen (secondary N) is 2. The predicted octanol–water partition coefficient (Wildman–Crippen LogP) is 6.24. The van der Waals surface area contributed by atoms with Crippen LogP contribution in [-0.4, -0.2) is 50.3 Å². The fourth-order valence-electron chi connectivity index (χ4n) is 4.07. The van der Waals surface area contributed by atoms with Gasteiger partial charge in [0.25, 0.3) is 0 Å². The number of allylic oxidation sites excluding steroid dienone is 1. The van der Waals surface area contributed by atoms with Crippen LogP contribution in [0.15, 0.2) is 35.3 Å². The number of halogens is 2. The second kappa shape index (κ2) is 11.1. The van der Waals surface area contributed by atoms with E-state index < -0.39 is 27.4 Å².